The van der Waals surface area contributed by atoms with Gasteiger partial charge >= 0.3 is 0 Å². The van der Waals surface area contributed by atoms with Gasteiger partial charge in [-0.1, -0.05) is 43.2 Å². The fourth-order valence-electron chi connectivity index (χ4n) is 5.23. The highest BCUT2D eigenvalue weighted by Crippen LogP contribution is 2.44. The molecule has 5 nitrogen and oxygen atoms in total. The standard InChI is InChI=1S/C25H29FN2O3/c1-18(29)28-16-15-27(17-22(28)21-7-3-4-8-23(21)31-2)24(30)25(13-5-6-14-25)19-9-11-20(26)12-10-19/h3-4,7-12,22H,5-6,13-17H2,1-2H3/t22-/m1/s1. The lowest BCUT2D eigenvalue weighted by atomic mass is 9.77. The van der Waals surface area contributed by atoms with Crippen LogP contribution in [0, 0.1) is 5.82 Å². The second kappa shape index (κ2) is 8.69. The molecule has 1 aliphatic carbocycles. The Kier molecular flexibility index (Phi) is 5.99. The van der Waals surface area contributed by atoms with E-state index in [2.05, 4.69) is 0 Å². The first-order chi connectivity index (χ1) is 15.0. The number of piperazine rings is 1. The van der Waals surface area contributed by atoms with Gasteiger partial charge in [-0.05, 0) is 36.6 Å². The molecule has 0 aromatic heterocycles. The Balaban J connectivity index is 1.67. The summed E-state index contributed by atoms with van der Waals surface area (Å²) in [6.07, 6.45) is 3.49. The van der Waals surface area contributed by atoms with Crippen LogP contribution in [-0.2, 0) is 15.0 Å². The van der Waals surface area contributed by atoms with Crippen molar-refractivity contribution >= 4 is 11.8 Å². The van der Waals surface area contributed by atoms with Crippen LogP contribution in [0.1, 0.15) is 49.8 Å². The SMILES string of the molecule is COc1ccccc1[C@H]1CN(C(=O)C2(c3ccc(F)cc3)CCCC2)CCN1C(C)=O. The van der Waals surface area contributed by atoms with Crippen molar-refractivity contribution in [2.24, 2.45) is 0 Å². The van der Waals surface area contributed by atoms with Crippen LogP contribution in [-0.4, -0.2) is 48.4 Å². The molecule has 1 aliphatic heterocycles. The van der Waals surface area contributed by atoms with Gasteiger partial charge in [0.2, 0.25) is 11.8 Å². The van der Waals surface area contributed by atoms with Crippen molar-refractivity contribution in [2.45, 2.75) is 44.1 Å². The number of halogens is 1. The number of hydrogen-bond acceptors (Lipinski definition) is 3. The summed E-state index contributed by atoms with van der Waals surface area (Å²) in [6, 6.07) is 13.8. The third-order valence-corrected chi connectivity index (χ3v) is 6.83. The molecule has 2 aromatic carbocycles. The molecule has 0 radical (unpaired) electrons. The van der Waals surface area contributed by atoms with E-state index in [1.807, 2.05) is 34.1 Å². The zero-order chi connectivity index (χ0) is 22.0. The summed E-state index contributed by atoms with van der Waals surface area (Å²) >= 11 is 0. The minimum Gasteiger partial charge on any atom is -0.496 e. The largest absolute Gasteiger partial charge is 0.496 e. The Morgan fingerprint density at radius 2 is 1.71 bits per heavy atom. The van der Waals surface area contributed by atoms with Crippen LogP contribution < -0.4 is 4.74 Å². The van der Waals surface area contributed by atoms with Crippen LogP contribution >= 0.6 is 0 Å². The number of carbonyl (C=O) groups is 2. The molecule has 1 atom stereocenters. The Morgan fingerprint density at radius 3 is 2.35 bits per heavy atom. The molecule has 0 spiro atoms. The van der Waals surface area contributed by atoms with E-state index in [1.165, 1.54) is 12.1 Å². The third kappa shape index (κ3) is 3.91. The molecule has 2 amide bonds. The number of rotatable bonds is 4. The Morgan fingerprint density at radius 1 is 1.03 bits per heavy atom. The average molecular weight is 425 g/mol. The molecule has 164 valence electrons. The molecule has 0 bridgehead atoms. The lowest BCUT2D eigenvalue weighted by Gasteiger charge is -2.44. The van der Waals surface area contributed by atoms with Crippen molar-refractivity contribution in [2.75, 3.05) is 26.7 Å². The van der Waals surface area contributed by atoms with E-state index >= 15 is 0 Å². The number of ether oxygens (including phenoxy) is 1. The summed E-state index contributed by atoms with van der Waals surface area (Å²) in [4.78, 5) is 30.0. The zero-order valence-electron chi connectivity index (χ0n) is 18.1. The minimum atomic E-state index is -0.614. The second-order valence-corrected chi connectivity index (χ2v) is 8.52. The van der Waals surface area contributed by atoms with E-state index in [4.69, 9.17) is 4.74 Å². The lowest BCUT2D eigenvalue weighted by molar-refractivity contribution is -0.145. The number of benzene rings is 2. The van der Waals surface area contributed by atoms with Crippen LogP contribution in [0.4, 0.5) is 4.39 Å². The van der Waals surface area contributed by atoms with Crippen molar-refractivity contribution in [3.05, 3.63) is 65.5 Å². The maximum Gasteiger partial charge on any atom is 0.233 e. The van der Waals surface area contributed by atoms with Crippen LogP contribution in [0.2, 0.25) is 0 Å². The van der Waals surface area contributed by atoms with Gasteiger partial charge in [0, 0.05) is 32.1 Å². The summed E-state index contributed by atoms with van der Waals surface area (Å²) in [5.41, 5.74) is 1.18. The van der Waals surface area contributed by atoms with Gasteiger partial charge in [0.15, 0.2) is 0 Å². The molecule has 0 unspecified atom stereocenters. The smallest absolute Gasteiger partial charge is 0.233 e. The summed E-state index contributed by atoms with van der Waals surface area (Å²) in [5, 5.41) is 0. The van der Waals surface area contributed by atoms with Crippen LogP contribution in [0.15, 0.2) is 48.5 Å². The van der Waals surface area contributed by atoms with Gasteiger partial charge < -0.3 is 14.5 Å². The van der Waals surface area contributed by atoms with E-state index in [-0.39, 0.29) is 23.7 Å². The fraction of sp³-hybridized carbons (Fsp3) is 0.440. The summed E-state index contributed by atoms with van der Waals surface area (Å²) in [5.74, 6) is 0.481. The molecular formula is C25H29FN2O3. The van der Waals surface area contributed by atoms with Gasteiger partial charge in [-0.25, -0.2) is 4.39 Å². The lowest BCUT2D eigenvalue weighted by Crippen LogP contribution is -2.56. The number of para-hydroxylation sites is 1. The van der Waals surface area contributed by atoms with Crippen LogP contribution in [0.25, 0.3) is 0 Å². The first kappa shape index (κ1) is 21.3. The summed E-state index contributed by atoms with van der Waals surface area (Å²) in [7, 11) is 1.62. The van der Waals surface area contributed by atoms with Gasteiger partial charge in [0.25, 0.3) is 0 Å². The topological polar surface area (TPSA) is 49.9 Å². The molecule has 2 fully saturated rings. The minimum absolute atomic E-state index is 0.0166. The van der Waals surface area contributed by atoms with Crippen molar-refractivity contribution < 1.29 is 18.7 Å². The van der Waals surface area contributed by atoms with E-state index in [0.717, 1.165) is 36.8 Å². The molecular weight excluding hydrogens is 395 g/mol. The van der Waals surface area contributed by atoms with Crippen molar-refractivity contribution in [3.8, 4) is 5.75 Å². The van der Waals surface area contributed by atoms with Gasteiger partial charge in [-0.15, -0.1) is 0 Å². The van der Waals surface area contributed by atoms with Crippen LogP contribution in [0.5, 0.6) is 5.75 Å². The average Bonchev–Trinajstić information content (AvgIpc) is 3.29. The number of hydrogen-bond donors (Lipinski definition) is 0. The molecule has 1 saturated carbocycles. The molecule has 4 rings (SSSR count). The highest BCUT2D eigenvalue weighted by atomic mass is 19.1. The highest BCUT2D eigenvalue weighted by molar-refractivity contribution is 5.89. The Bertz CT molecular complexity index is 953. The van der Waals surface area contributed by atoms with Crippen LogP contribution in [0.3, 0.4) is 0 Å². The number of methoxy groups -OCH3 is 1. The molecule has 2 aliphatic rings. The molecule has 0 N–H and O–H groups in total. The first-order valence-corrected chi connectivity index (χ1v) is 10.9. The van der Waals surface area contributed by atoms with Gasteiger partial charge in [0.1, 0.15) is 11.6 Å². The maximum absolute atomic E-state index is 13.9. The zero-order valence-corrected chi connectivity index (χ0v) is 18.1. The van der Waals surface area contributed by atoms with Crippen molar-refractivity contribution in [1.29, 1.82) is 0 Å². The number of carbonyl (C=O) groups excluding carboxylic acids is 2. The molecule has 31 heavy (non-hydrogen) atoms. The first-order valence-electron chi connectivity index (χ1n) is 10.9. The highest BCUT2D eigenvalue weighted by Gasteiger charge is 2.46. The molecule has 2 aromatic rings. The number of amides is 2. The summed E-state index contributed by atoms with van der Waals surface area (Å²) in [6.45, 7) is 2.95. The Hall–Kier alpha value is -2.89. The van der Waals surface area contributed by atoms with Gasteiger partial charge in [-0.3, -0.25) is 9.59 Å². The van der Waals surface area contributed by atoms with Gasteiger partial charge in [0.05, 0.1) is 18.6 Å². The second-order valence-electron chi connectivity index (χ2n) is 8.52. The normalized spacial score (nSPS) is 20.5. The molecule has 1 heterocycles. The van der Waals surface area contributed by atoms with Gasteiger partial charge in [-0.2, -0.15) is 0 Å². The third-order valence-electron chi connectivity index (χ3n) is 6.83. The molecule has 6 heteroatoms. The van der Waals surface area contributed by atoms with E-state index in [9.17, 15) is 14.0 Å². The van der Waals surface area contributed by atoms with Crippen molar-refractivity contribution in [1.82, 2.24) is 9.80 Å². The van der Waals surface area contributed by atoms with E-state index in [1.54, 1.807) is 26.2 Å². The van der Waals surface area contributed by atoms with Crippen molar-refractivity contribution in [3.63, 3.8) is 0 Å². The van der Waals surface area contributed by atoms with E-state index < -0.39 is 5.41 Å². The van der Waals surface area contributed by atoms with E-state index in [0.29, 0.717) is 25.4 Å². The molecule has 1 saturated heterocycles. The predicted octanol–water partition coefficient (Wildman–Crippen LogP) is 4.08. The summed E-state index contributed by atoms with van der Waals surface area (Å²) < 4.78 is 19.1. The number of nitrogens with zero attached hydrogens (tertiary/aromatic N) is 2. The monoisotopic (exact) mass is 424 g/mol. The quantitative estimate of drug-likeness (QED) is 0.743. The predicted molar refractivity (Wildman–Crippen MR) is 116 cm³/mol. The Labute approximate surface area is 182 Å². The fourth-order valence-corrected chi connectivity index (χ4v) is 5.23. The maximum atomic E-state index is 13.9.